The van der Waals surface area contributed by atoms with E-state index in [0.29, 0.717) is 35.5 Å². The Kier molecular flexibility index (Phi) is 6.38. The standard InChI is InChI=1S/C28H32Cl2FN3O3/c1-26(2,3)13-21-28(17-7-6-15(29)10-20(17)33-25(28)36)22(14-5-8-18(30)19(31)9-14)23(34-21)24(35)32-16-11-27(4,37)12-16/h5-10,16,21-23,34,37H,11-13H2,1-4H3,(H,32,35)(H,33,36)/t16?,21-,22-,23+,27?,28?/m0/s1. The highest BCUT2D eigenvalue weighted by Gasteiger charge is 2.66. The third-order valence-corrected chi connectivity index (χ3v) is 8.47. The molecule has 9 heteroatoms. The molecular weight excluding hydrogens is 516 g/mol. The lowest BCUT2D eigenvalue weighted by atomic mass is 9.62. The number of benzene rings is 2. The quantitative estimate of drug-likeness (QED) is 0.437. The minimum atomic E-state index is -1.19. The topological polar surface area (TPSA) is 90.5 Å². The van der Waals surface area contributed by atoms with E-state index in [4.69, 9.17) is 23.2 Å². The van der Waals surface area contributed by atoms with Gasteiger partial charge in [0.05, 0.1) is 16.7 Å². The second-order valence-corrected chi connectivity index (χ2v) is 13.1. The van der Waals surface area contributed by atoms with Crippen LogP contribution in [0, 0.1) is 11.2 Å². The van der Waals surface area contributed by atoms with Gasteiger partial charge >= 0.3 is 0 Å². The lowest BCUT2D eigenvalue weighted by molar-refractivity contribution is -0.127. The first kappa shape index (κ1) is 26.4. The third kappa shape index (κ3) is 4.54. The fraction of sp³-hybridized carbons (Fsp3) is 0.500. The van der Waals surface area contributed by atoms with Gasteiger partial charge in [-0.1, -0.05) is 56.1 Å². The molecule has 1 unspecified atom stereocenters. The molecule has 6 nitrogen and oxygen atoms in total. The molecule has 1 saturated carbocycles. The van der Waals surface area contributed by atoms with Crippen LogP contribution in [0.5, 0.6) is 0 Å². The van der Waals surface area contributed by atoms with Gasteiger partial charge in [0, 0.05) is 28.7 Å². The van der Waals surface area contributed by atoms with E-state index >= 15 is 0 Å². The van der Waals surface area contributed by atoms with Crippen molar-refractivity contribution < 1.29 is 19.1 Å². The molecule has 4 N–H and O–H groups in total. The number of aliphatic hydroxyl groups is 1. The summed E-state index contributed by atoms with van der Waals surface area (Å²) >= 11 is 12.3. The molecule has 0 radical (unpaired) electrons. The summed E-state index contributed by atoms with van der Waals surface area (Å²) in [5.74, 6) is -1.88. The summed E-state index contributed by atoms with van der Waals surface area (Å²) in [5, 5.41) is 20.2. The van der Waals surface area contributed by atoms with Crippen LogP contribution in [-0.2, 0) is 15.0 Å². The van der Waals surface area contributed by atoms with E-state index in [-0.39, 0.29) is 28.3 Å². The van der Waals surface area contributed by atoms with E-state index < -0.39 is 34.8 Å². The van der Waals surface area contributed by atoms with Gasteiger partial charge in [-0.2, -0.15) is 0 Å². The van der Waals surface area contributed by atoms with Gasteiger partial charge in [-0.05, 0) is 67.0 Å². The Bertz CT molecular complexity index is 1270. The van der Waals surface area contributed by atoms with Crippen molar-refractivity contribution in [1.29, 1.82) is 0 Å². The Labute approximate surface area is 226 Å². The average molecular weight is 548 g/mol. The monoisotopic (exact) mass is 547 g/mol. The van der Waals surface area contributed by atoms with Gasteiger partial charge in [-0.25, -0.2) is 4.39 Å². The molecule has 1 spiro atoms. The van der Waals surface area contributed by atoms with Crippen molar-refractivity contribution in [2.45, 2.75) is 82.0 Å². The molecule has 1 saturated heterocycles. The number of carbonyl (C=O) groups is 2. The minimum Gasteiger partial charge on any atom is -0.390 e. The Morgan fingerprint density at radius 3 is 2.51 bits per heavy atom. The molecule has 2 aliphatic heterocycles. The van der Waals surface area contributed by atoms with E-state index in [1.807, 2.05) is 6.07 Å². The highest BCUT2D eigenvalue weighted by atomic mass is 35.5. The van der Waals surface area contributed by atoms with Crippen molar-refractivity contribution in [2.24, 2.45) is 5.41 Å². The summed E-state index contributed by atoms with van der Waals surface area (Å²) in [4.78, 5) is 27.9. The molecule has 0 bridgehead atoms. The van der Waals surface area contributed by atoms with Gasteiger partial charge in [-0.3, -0.25) is 9.59 Å². The smallest absolute Gasteiger partial charge is 0.238 e. The Morgan fingerprint density at radius 1 is 1.19 bits per heavy atom. The van der Waals surface area contributed by atoms with E-state index in [1.54, 1.807) is 25.1 Å². The fourth-order valence-corrected chi connectivity index (χ4v) is 6.81. The third-order valence-electron chi connectivity index (χ3n) is 7.93. The van der Waals surface area contributed by atoms with Gasteiger partial charge in [0.2, 0.25) is 11.8 Å². The van der Waals surface area contributed by atoms with Crippen LogP contribution >= 0.6 is 23.2 Å². The van der Waals surface area contributed by atoms with Crippen LogP contribution in [0.4, 0.5) is 10.1 Å². The predicted molar refractivity (Wildman–Crippen MR) is 142 cm³/mol. The van der Waals surface area contributed by atoms with E-state index in [2.05, 4.69) is 36.7 Å². The molecule has 1 aliphatic carbocycles. The molecule has 5 rings (SSSR count). The van der Waals surface area contributed by atoms with E-state index in [9.17, 15) is 19.1 Å². The zero-order valence-corrected chi connectivity index (χ0v) is 22.8. The first-order valence-electron chi connectivity index (χ1n) is 12.6. The van der Waals surface area contributed by atoms with Crippen LogP contribution in [0.1, 0.15) is 64.0 Å². The molecular formula is C28H32Cl2FN3O3. The molecule has 2 aromatic carbocycles. The number of hydrogen-bond donors (Lipinski definition) is 4. The fourth-order valence-electron chi connectivity index (χ4n) is 6.52. The largest absolute Gasteiger partial charge is 0.390 e. The van der Waals surface area contributed by atoms with Gasteiger partial charge < -0.3 is 21.1 Å². The minimum absolute atomic E-state index is 0.0317. The summed E-state index contributed by atoms with van der Waals surface area (Å²) in [5.41, 5.74) is -0.363. The molecule has 3 aliphatic rings. The molecule has 198 valence electrons. The molecule has 0 aromatic heterocycles. The second-order valence-electron chi connectivity index (χ2n) is 12.2. The number of nitrogens with one attached hydrogen (secondary N) is 3. The van der Waals surface area contributed by atoms with Crippen LogP contribution in [0.2, 0.25) is 10.0 Å². The number of fused-ring (bicyclic) bond motifs is 2. The number of anilines is 1. The summed E-state index contributed by atoms with van der Waals surface area (Å²) in [7, 11) is 0. The Balaban J connectivity index is 1.67. The zero-order chi connectivity index (χ0) is 26.9. The Morgan fingerprint density at radius 2 is 1.89 bits per heavy atom. The predicted octanol–water partition coefficient (Wildman–Crippen LogP) is 4.91. The molecule has 2 aromatic rings. The lowest BCUT2D eigenvalue weighted by Crippen LogP contribution is -2.57. The highest BCUT2D eigenvalue weighted by Crippen LogP contribution is 2.56. The van der Waals surface area contributed by atoms with E-state index in [0.717, 1.165) is 5.56 Å². The highest BCUT2D eigenvalue weighted by molar-refractivity contribution is 6.31. The second kappa shape index (κ2) is 8.94. The van der Waals surface area contributed by atoms with Gasteiger partial charge in [0.15, 0.2) is 0 Å². The number of hydrogen-bond acceptors (Lipinski definition) is 4. The van der Waals surface area contributed by atoms with Crippen molar-refractivity contribution in [3.63, 3.8) is 0 Å². The van der Waals surface area contributed by atoms with Gasteiger partial charge in [-0.15, -0.1) is 0 Å². The maximum atomic E-state index is 14.8. The molecule has 2 amide bonds. The van der Waals surface area contributed by atoms with E-state index in [1.165, 1.54) is 12.1 Å². The maximum Gasteiger partial charge on any atom is 0.238 e. The normalized spacial score (nSPS) is 32.7. The molecule has 37 heavy (non-hydrogen) atoms. The number of carbonyl (C=O) groups excluding carboxylic acids is 2. The van der Waals surface area contributed by atoms with Crippen LogP contribution in [-0.4, -0.2) is 40.6 Å². The summed E-state index contributed by atoms with van der Waals surface area (Å²) in [6.45, 7) is 7.98. The van der Waals surface area contributed by atoms with Crippen LogP contribution in [0.15, 0.2) is 36.4 Å². The Hall–Kier alpha value is -2.19. The molecule has 2 heterocycles. The first-order valence-corrected chi connectivity index (χ1v) is 13.3. The zero-order valence-electron chi connectivity index (χ0n) is 21.3. The van der Waals surface area contributed by atoms with Crippen LogP contribution < -0.4 is 16.0 Å². The molecule has 2 fully saturated rings. The van der Waals surface area contributed by atoms with Crippen molar-refractivity contribution in [1.82, 2.24) is 10.6 Å². The van der Waals surface area contributed by atoms with Crippen LogP contribution in [0.25, 0.3) is 0 Å². The molecule has 4 atom stereocenters. The summed E-state index contributed by atoms with van der Waals surface area (Å²) in [6, 6.07) is 8.32. The average Bonchev–Trinajstić information content (AvgIpc) is 3.23. The number of rotatable bonds is 4. The van der Waals surface area contributed by atoms with Crippen LogP contribution in [0.3, 0.4) is 0 Å². The number of amides is 2. The van der Waals surface area contributed by atoms with Gasteiger partial charge in [0.25, 0.3) is 0 Å². The maximum absolute atomic E-state index is 14.8. The van der Waals surface area contributed by atoms with Crippen molar-refractivity contribution >= 4 is 40.7 Å². The summed E-state index contributed by atoms with van der Waals surface area (Å²) in [6.07, 6.45) is 1.48. The van der Waals surface area contributed by atoms with Gasteiger partial charge in [0.1, 0.15) is 11.2 Å². The lowest BCUT2D eigenvalue weighted by Gasteiger charge is -2.42. The SMILES string of the molecule is CC(C)(C)C[C@@H]1N[C@@H](C(=O)NC2CC(C)(O)C2)[C@H](c2ccc(Cl)c(F)c2)C12C(=O)Nc1cc(Cl)ccc12. The first-order chi connectivity index (χ1) is 17.2. The number of halogens is 3. The van der Waals surface area contributed by atoms with Crippen molar-refractivity contribution in [3.05, 3.63) is 63.4 Å². The van der Waals surface area contributed by atoms with Crippen molar-refractivity contribution in [3.8, 4) is 0 Å². The van der Waals surface area contributed by atoms with Crippen molar-refractivity contribution in [2.75, 3.05) is 5.32 Å². The summed E-state index contributed by atoms with van der Waals surface area (Å²) < 4.78 is 14.8.